The van der Waals surface area contributed by atoms with Crippen LogP contribution in [0.3, 0.4) is 0 Å². The molecule has 5 unspecified atom stereocenters. The van der Waals surface area contributed by atoms with Gasteiger partial charge in [0.1, 0.15) is 18.1 Å². The number of hydrogen-bond acceptors (Lipinski definition) is 7. The molecule has 1 aromatic heterocycles. The van der Waals surface area contributed by atoms with Crippen LogP contribution in [-0.2, 0) is 30.4 Å². The quantitative estimate of drug-likeness (QED) is 0.150. The third-order valence-corrected chi connectivity index (χ3v) is 7.15. The van der Waals surface area contributed by atoms with Crippen molar-refractivity contribution in [2.24, 2.45) is 17.4 Å². The number of thioether (sulfide) groups is 1. The number of aromatic amines is 1. The van der Waals surface area contributed by atoms with Crippen molar-refractivity contribution in [2.45, 2.75) is 63.7 Å². The fraction of sp³-hybridized carbons (Fsp3) is 0.500. The minimum atomic E-state index is -1.38. The Morgan fingerprint density at radius 1 is 1.03 bits per heavy atom. The molecular formula is C26H38N6O6S. The van der Waals surface area contributed by atoms with Gasteiger partial charge >= 0.3 is 5.97 Å². The number of carboxylic acid groups (broad SMARTS) is 1. The molecule has 0 aliphatic heterocycles. The van der Waals surface area contributed by atoms with Crippen molar-refractivity contribution in [3.63, 3.8) is 0 Å². The molecule has 0 fully saturated rings. The van der Waals surface area contributed by atoms with Crippen LogP contribution in [0.15, 0.2) is 30.5 Å². The number of carbonyl (C=O) groups is 5. The maximum Gasteiger partial charge on any atom is 0.326 e. The van der Waals surface area contributed by atoms with E-state index >= 15 is 0 Å². The van der Waals surface area contributed by atoms with E-state index in [-0.39, 0.29) is 18.8 Å². The molecule has 0 bridgehead atoms. The van der Waals surface area contributed by atoms with Crippen LogP contribution in [0.4, 0.5) is 0 Å². The van der Waals surface area contributed by atoms with Crippen LogP contribution >= 0.6 is 11.8 Å². The number of nitrogens with one attached hydrogen (secondary N) is 4. The van der Waals surface area contributed by atoms with Crippen molar-refractivity contribution >= 4 is 52.3 Å². The van der Waals surface area contributed by atoms with Gasteiger partial charge in [0.25, 0.3) is 0 Å². The largest absolute Gasteiger partial charge is 0.480 e. The highest BCUT2D eigenvalue weighted by Gasteiger charge is 2.33. The molecule has 0 saturated carbocycles. The molecule has 2 rings (SSSR count). The van der Waals surface area contributed by atoms with Crippen LogP contribution in [0.2, 0.25) is 0 Å². The molecule has 5 atom stereocenters. The lowest BCUT2D eigenvalue weighted by atomic mass is 9.97. The summed E-state index contributed by atoms with van der Waals surface area (Å²) in [5.74, 6) is -4.04. The molecule has 4 amide bonds. The van der Waals surface area contributed by atoms with Gasteiger partial charge in [-0.05, 0) is 42.4 Å². The predicted octanol–water partition coefficient (Wildman–Crippen LogP) is 0.251. The summed E-state index contributed by atoms with van der Waals surface area (Å²) in [6, 6.07) is 2.88. The molecule has 0 saturated heterocycles. The standard InChI is InChI=1S/C26H38N6O6S/c1-4-14(2)22(25(36)30-19(26(37)38)9-10-39-3)32-24(35)20(12-21(28)33)31-23(34)17(27)11-15-13-29-18-8-6-5-7-16(15)18/h5-8,13-14,17,19-20,22,29H,4,9-12,27H2,1-3H3,(H2,28,33)(H,30,36)(H,31,34)(H,32,35)(H,37,38). The lowest BCUT2D eigenvalue weighted by Gasteiger charge is -2.27. The third kappa shape index (κ3) is 9.29. The number of H-pyrrole nitrogens is 1. The highest BCUT2D eigenvalue weighted by Crippen LogP contribution is 2.19. The zero-order valence-corrected chi connectivity index (χ0v) is 23.2. The molecule has 39 heavy (non-hydrogen) atoms. The zero-order valence-electron chi connectivity index (χ0n) is 22.4. The number of primary amides is 1. The van der Waals surface area contributed by atoms with E-state index in [1.807, 2.05) is 37.4 Å². The van der Waals surface area contributed by atoms with Gasteiger partial charge in [-0.25, -0.2) is 4.79 Å². The van der Waals surface area contributed by atoms with E-state index < -0.39 is 60.2 Å². The van der Waals surface area contributed by atoms with Crippen molar-refractivity contribution in [2.75, 3.05) is 12.0 Å². The number of rotatable bonds is 16. The summed E-state index contributed by atoms with van der Waals surface area (Å²) < 4.78 is 0. The van der Waals surface area contributed by atoms with Gasteiger partial charge in [-0.3, -0.25) is 19.2 Å². The highest BCUT2D eigenvalue weighted by molar-refractivity contribution is 7.98. The second-order valence-corrected chi connectivity index (χ2v) is 10.4. The fourth-order valence-corrected chi connectivity index (χ4v) is 4.50. The van der Waals surface area contributed by atoms with Crippen LogP contribution in [0.1, 0.15) is 38.7 Å². The molecule has 0 spiro atoms. The molecule has 0 radical (unpaired) electrons. The van der Waals surface area contributed by atoms with Crippen molar-refractivity contribution < 1.29 is 29.1 Å². The number of para-hydroxylation sites is 1. The normalized spacial score (nSPS) is 15.0. The van der Waals surface area contributed by atoms with Gasteiger partial charge in [0, 0.05) is 17.1 Å². The monoisotopic (exact) mass is 562 g/mol. The van der Waals surface area contributed by atoms with Crippen molar-refractivity contribution in [1.29, 1.82) is 0 Å². The second kappa shape index (κ2) is 15.1. The van der Waals surface area contributed by atoms with Gasteiger partial charge in [0.2, 0.25) is 23.6 Å². The number of fused-ring (bicyclic) bond motifs is 1. The first kappa shape index (κ1) is 31.6. The average molecular weight is 563 g/mol. The van der Waals surface area contributed by atoms with E-state index in [4.69, 9.17) is 11.5 Å². The lowest BCUT2D eigenvalue weighted by Crippen LogP contribution is -2.59. The Hall–Kier alpha value is -3.58. The molecule has 1 heterocycles. The average Bonchev–Trinajstić information content (AvgIpc) is 3.30. The summed E-state index contributed by atoms with van der Waals surface area (Å²) >= 11 is 1.44. The number of aromatic nitrogens is 1. The lowest BCUT2D eigenvalue weighted by molar-refractivity contribution is -0.142. The van der Waals surface area contributed by atoms with Crippen LogP contribution in [0, 0.1) is 5.92 Å². The Morgan fingerprint density at radius 2 is 1.69 bits per heavy atom. The van der Waals surface area contributed by atoms with Gasteiger partial charge in [-0.15, -0.1) is 0 Å². The second-order valence-electron chi connectivity index (χ2n) is 9.45. The molecule has 1 aromatic carbocycles. The molecular weight excluding hydrogens is 524 g/mol. The number of carbonyl (C=O) groups excluding carboxylic acids is 4. The highest BCUT2D eigenvalue weighted by atomic mass is 32.2. The summed E-state index contributed by atoms with van der Waals surface area (Å²) in [6.45, 7) is 3.53. The molecule has 0 aliphatic rings. The predicted molar refractivity (Wildman–Crippen MR) is 150 cm³/mol. The maximum atomic E-state index is 13.2. The van der Waals surface area contributed by atoms with Gasteiger partial charge < -0.3 is 37.5 Å². The van der Waals surface area contributed by atoms with Crippen LogP contribution in [0.5, 0.6) is 0 Å². The first-order chi connectivity index (χ1) is 18.5. The molecule has 214 valence electrons. The molecule has 0 aliphatic carbocycles. The summed E-state index contributed by atoms with van der Waals surface area (Å²) in [7, 11) is 0. The Bertz CT molecular complexity index is 1170. The number of aliphatic carboxylic acids is 1. The van der Waals surface area contributed by atoms with Gasteiger partial charge in [-0.1, -0.05) is 38.5 Å². The number of amides is 4. The van der Waals surface area contributed by atoms with E-state index in [2.05, 4.69) is 20.9 Å². The first-order valence-electron chi connectivity index (χ1n) is 12.7. The third-order valence-electron chi connectivity index (χ3n) is 6.51. The summed E-state index contributed by atoms with van der Waals surface area (Å²) in [5, 5.41) is 17.9. The number of nitrogens with two attached hydrogens (primary N) is 2. The Labute approximate surface area is 231 Å². The summed E-state index contributed by atoms with van der Waals surface area (Å²) in [5.41, 5.74) is 13.2. The Balaban J connectivity index is 2.14. The van der Waals surface area contributed by atoms with E-state index in [9.17, 15) is 29.1 Å². The zero-order chi connectivity index (χ0) is 29.1. The van der Waals surface area contributed by atoms with Crippen LogP contribution in [-0.4, -0.2) is 75.9 Å². The Morgan fingerprint density at radius 3 is 2.31 bits per heavy atom. The number of carboxylic acids is 1. The number of benzene rings is 1. The SMILES string of the molecule is CCC(C)C(NC(=O)C(CC(N)=O)NC(=O)C(N)Cc1c[nH]c2ccccc12)C(=O)NC(CCSC)C(=O)O. The van der Waals surface area contributed by atoms with Gasteiger partial charge in [0.05, 0.1) is 12.5 Å². The Kier molecular flexibility index (Phi) is 12.3. The summed E-state index contributed by atoms with van der Waals surface area (Å²) in [6.07, 6.45) is 3.93. The first-order valence-corrected chi connectivity index (χ1v) is 14.1. The molecule has 12 nitrogen and oxygen atoms in total. The van der Waals surface area contributed by atoms with Crippen LogP contribution in [0.25, 0.3) is 10.9 Å². The van der Waals surface area contributed by atoms with E-state index in [0.717, 1.165) is 16.5 Å². The van der Waals surface area contributed by atoms with Crippen molar-refractivity contribution in [1.82, 2.24) is 20.9 Å². The van der Waals surface area contributed by atoms with Gasteiger partial charge in [-0.2, -0.15) is 11.8 Å². The molecule has 2 aromatic rings. The maximum absolute atomic E-state index is 13.2. The molecule has 13 heteroatoms. The van der Waals surface area contributed by atoms with E-state index in [1.54, 1.807) is 13.1 Å². The number of hydrogen-bond donors (Lipinski definition) is 7. The summed E-state index contributed by atoms with van der Waals surface area (Å²) in [4.78, 5) is 65.5. The smallest absolute Gasteiger partial charge is 0.326 e. The van der Waals surface area contributed by atoms with Crippen molar-refractivity contribution in [3.05, 3.63) is 36.0 Å². The minimum absolute atomic E-state index is 0.172. The van der Waals surface area contributed by atoms with Gasteiger partial charge in [0.15, 0.2) is 0 Å². The minimum Gasteiger partial charge on any atom is -0.480 e. The topological polar surface area (TPSA) is 209 Å². The fourth-order valence-electron chi connectivity index (χ4n) is 4.03. The van der Waals surface area contributed by atoms with Crippen molar-refractivity contribution in [3.8, 4) is 0 Å². The molecule has 9 N–H and O–H groups in total. The van der Waals surface area contributed by atoms with E-state index in [0.29, 0.717) is 12.2 Å². The van der Waals surface area contributed by atoms with E-state index in [1.165, 1.54) is 11.8 Å². The van der Waals surface area contributed by atoms with Crippen LogP contribution < -0.4 is 27.4 Å².